The number of nitrogens with two attached hydrogens (primary N) is 1. The van der Waals surface area contributed by atoms with E-state index in [2.05, 4.69) is 9.71 Å². The van der Waals surface area contributed by atoms with Crippen molar-refractivity contribution in [2.24, 2.45) is 11.7 Å². The summed E-state index contributed by atoms with van der Waals surface area (Å²) in [6.07, 6.45) is 3.71. The number of primary amides is 1. The number of rotatable bonds is 6. The molecule has 0 unspecified atom stereocenters. The fourth-order valence-corrected chi connectivity index (χ4v) is 4.65. The van der Waals surface area contributed by atoms with Gasteiger partial charge in [-0.2, -0.15) is 0 Å². The van der Waals surface area contributed by atoms with Gasteiger partial charge in [0.25, 0.3) is 0 Å². The SMILES string of the molecule is Cc1cnc([C@@H](NS(=O)(=O)c2cccc(C(N)=O)c2)C2CC2)s1. The van der Waals surface area contributed by atoms with Crippen molar-refractivity contribution in [2.75, 3.05) is 0 Å². The third-order valence-electron chi connectivity index (χ3n) is 3.71. The van der Waals surface area contributed by atoms with Crippen LogP contribution in [0.3, 0.4) is 0 Å². The Balaban J connectivity index is 1.90. The van der Waals surface area contributed by atoms with Gasteiger partial charge in [0, 0.05) is 16.6 Å². The average molecular weight is 351 g/mol. The number of aromatic nitrogens is 1. The van der Waals surface area contributed by atoms with Gasteiger partial charge in [0.05, 0.1) is 10.9 Å². The van der Waals surface area contributed by atoms with E-state index in [-0.39, 0.29) is 22.4 Å². The summed E-state index contributed by atoms with van der Waals surface area (Å²) in [7, 11) is -3.75. The van der Waals surface area contributed by atoms with Crippen LogP contribution in [0.4, 0.5) is 0 Å². The second kappa shape index (κ2) is 6.03. The van der Waals surface area contributed by atoms with Crippen LogP contribution in [0, 0.1) is 12.8 Å². The Labute approximate surface area is 138 Å². The number of nitrogens with zero attached hydrogens (tertiary/aromatic N) is 1. The highest BCUT2D eigenvalue weighted by molar-refractivity contribution is 7.89. The van der Waals surface area contributed by atoms with Gasteiger partial charge in [0.15, 0.2) is 0 Å². The molecule has 0 saturated heterocycles. The molecule has 1 fully saturated rings. The molecular weight excluding hydrogens is 334 g/mol. The normalized spacial score (nSPS) is 16.2. The number of amides is 1. The molecule has 1 heterocycles. The molecular formula is C15H17N3O3S2. The standard InChI is InChI=1S/C15H17N3O3S2/c1-9-8-17-15(22-9)13(10-5-6-10)18-23(20,21)12-4-2-3-11(7-12)14(16)19/h2-4,7-8,10,13,18H,5-6H2,1H3,(H2,16,19)/t13-/m0/s1. The Morgan fingerprint density at radius 2 is 2.17 bits per heavy atom. The molecule has 0 spiro atoms. The lowest BCUT2D eigenvalue weighted by molar-refractivity contribution is 0.1000. The molecule has 1 amide bonds. The molecule has 1 aliphatic rings. The Kier molecular flexibility index (Phi) is 4.22. The minimum Gasteiger partial charge on any atom is -0.366 e. The number of nitrogens with one attached hydrogen (secondary N) is 1. The molecule has 0 aliphatic heterocycles. The number of carbonyl (C=O) groups excluding carboxylic acids is 1. The lowest BCUT2D eigenvalue weighted by atomic mass is 10.2. The van der Waals surface area contributed by atoms with Crippen LogP contribution in [-0.2, 0) is 10.0 Å². The van der Waals surface area contributed by atoms with E-state index in [1.54, 1.807) is 6.20 Å². The van der Waals surface area contributed by atoms with E-state index in [1.165, 1.54) is 35.6 Å². The second-order valence-electron chi connectivity index (χ2n) is 5.64. The van der Waals surface area contributed by atoms with Gasteiger partial charge in [0.1, 0.15) is 5.01 Å². The summed E-state index contributed by atoms with van der Waals surface area (Å²) in [6, 6.07) is 5.42. The number of hydrogen-bond acceptors (Lipinski definition) is 5. The van der Waals surface area contributed by atoms with Crippen molar-refractivity contribution in [1.82, 2.24) is 9.71 Å². The van der Waals surface area contributed by atoms with Crippen LogP contribution < -0.4 is 10.5 Å². The molecule has 8 heteroatoms. The summed E-state index contributed by atoms with van der Waals surface area (Å²) in [5.41, 5.74) is 5.38. The van der Waals surface area contributed by atoms with Crippen molar-refractivity contribution in [3.63, 3.8) is 0 Å². The van der Waals surface area contributed by atoms with Crippen LogP contribution in [0.15, 0.2) is 35.4 Å². The van der Waals surface area contributed by atoms with Gasteiger partial charge in [-0.25, -0.2) is 18.1 Å². The average Bonchev–Trinajstić information content (AvgIpc) is 3.26. The minimum absolute atomic E-state index is 0.0349. The molecule has 3 N–H and O–H groups in total. The van der Waals surface area contributed by atoms with Gasteiger partial charge in [-0.1, -0.05) is 6.07 Å². The molecule has 0 radical (unpaired) electrons. The summed E-state index contributed by atoms with van der Waals surface area (Å²) in [5.74, 6) is -0.383. The van der Waals surface area contributed by atoms with Gasteiger partial charge in [0.2, 0.25) is 15.9 Å². The van der Waals surface area contributed by atoms with E-state index in [4.69, 9.17) is 5.73 Å². The summed E-state index contributed by atoms with van der Waals surface area (Å²) in [5, 5.41) is 0.777. The van der Waals surface area contributed by atoms with E-state index >= 15 is 0 Å². The molecule has 1 aromatic heterocycles. The molecule has 1 aliphatic carbocycles. The smallest absolute Gasteiger partial charge is 0.248 e. The fraction of sp³-hybridized carbons (Fsp3) is 0.333. The lowest BCUT2D eigenvalue weighted by Gasteiger charge is -2.16. The highest BCUT2D eigenvalue weighted by Gasteiger charge is 2.37. The molecule has 2 aromatic rings. The fourth-order valence-electron chi connectivity index (χ4n) is 2.35. The van der Waals surface area contributed by atoms with Crippen LogP contribution in [0.5, 0.6) is 0 Å². The van der Waals surface area contributed by atoms with Gasteiger partial charge in [-0.3, -0.25) is 4.79 Å². The monoisotopic (exact) mass is 351 g/mol. The summed E-state index contributed by atoms with van der Waals surface area (Å²) < 4.78 is 28.0. The van der Waals surface area contributed by atoms with Gasteiger partial charge >= 0.3 is 0 Å². The van der Waals surface area contributed by atoms with E-state index < -0.39 is 15.9 Å². The molecule has 6 nitrogen and oxygen atoms in total. The molecule has 122 valence electrons. The Bertz CT molecular complexity index is 841. The number of thiazole rings is 1. The first-order valence-electron chi connectivity index (χ1n) is 7.21. The molecule has 23 heavy (non-hydrogen) atoms. The highest BCUT2D eigenvalue weighted by atomic mass is 32.2. The molecule has 1 saturated carbocycles. The predicted octanol–water partition coefficient (Wildman–Crippen LogP) is 1.98. The minimum atomic E-state index is -3.75. The van der Waals surface area contributed by atoms with Crippen molar-refractivity contribution < 1.29 is 13.2 Å². The van der Waals surface area contributed by atoms with Crippen molar-refractivity contribution in [2.45, 2.75) is 30.7 Å². The number of carbonyl (C=O) groups is 1. The molecule has 1 aromatic carbocycles. The summed E-state index contributed by atoms with van der Waals surface area (Å²) in [6.45, 7) is 1.94. The van der Waals surface area contributed by atoms with Gasteiger partial charge in [-0.15, -0.1) is 11.3 Å². The molecule has 1 atom stereocenters. The van der Waals surface area contributed by atoms with Crippen molar-refractivity contribution in [1.29, 1.82) is 0 Å². The Morgan fingerprint density at radius 1 is 1.43 bits per heavy atom. The quantitative estimate of drug-likeness (QED) is 0.830. The third kappa shape index (κ3) is 3.60. The van der Waals surface area contributed by atoms with E-state index in [1.807, 2.05) is 6.92 Å². The summed E-state index contributed by atoms with van der Waals surface area (Å²) >= 11 is 1.50. The van der Waals surface area contributed by atoms with E-state index in [0.29, 0.717) is 0 Å². The zero-order chi connectivity index (χ0) is 16.6. The number of hydrogen-bond donors (Lipinski definition) is 2. The number of aryl methyl sites for hydroxylation is 1. The first-order chi connectivity index (χ1) is 10.9. The van der Waals surface area contributed by atoms with Crippen LogP contribution in [0.25, 0.3) is 0 Å². The largest absolute Gasteiger partial charge is 0.366 e. The maximum atomic E-state index is 12.6. The Hall–Kier alpha value is -1.77. The number of benzene rings is 1. The lowest BCUT2D eigenvalue weighted by Crippen LogP contribution is -2.30. The first-order valence-corrected chi connectivity index (χ1v) is 9.51. The maximum Gasteiger partial charge on any atom is 0.248 e. The van der Waals surface area contributed by atoms with Crippen molar-refractivity contribution in [3.05, 3.63) is 45.9 Å². The highest BCUT2D eigenvalue weighted by Crippen LogP contribution is 2.42. The topological polar surface area (TPSA) is 102 Å². The number of sulfonamides is 1. The zero-order valence-corrected chi connectivity index (χ0v) is 14.2. The second-order valence-corrected chi connectivity index (χ2v) is 8.62. The van der Waals surface area contributed by atoms with Crippen molar-refractivity contribution in [3.8, 4) is 0 Å². The van der Waals surface area contributed by atoms with Crippen LogP contribution in [-0.4, -0.2) is 19.3 Å². The molecule has 3 rings (SSSR count). The van der Waals surface area contributed by atoms with Crippen LogP contribution in [0.1, 0.15) is 39.1 Å². The Morgan fingerprint density at radius 3 is 2.74 bits per heavy atom. The molecule has 0 bridgehead atoms. The zero-order valence-electron chi connectivity index (χ0n) is 12.5. The van der Waals surface area contributed by atoms with Crippen LogP contribution >= 0.6 is 11.3 Å². The van der Waals surface area contributed by atoms with E-state index in [9.17, 15) is 13.2 Å². The van der Waals surface area contributed by atoms with Gasteiger partial charge in [-0.05, 0) is 43.9 Å². The summed E-state index contributed by atoms with van der Waals surface area (Å²) in [4.78, 5) is 16.6. The van der Waals surface area contributed by atoms with Gasteiger partial charge < -0.3 is 5.73 Å². The third-order valence-corrected chi connectivity index (χ3v) is 6.14. The van der Waals surface area contributed by atoms with Crippen LogP contribution in [0.2, 0.25) is 0 Å². The van der Waals surface area contributed by atoms with Crippen molar-refractivity contribution >= 4 is 27.3 Å². The predicted molar refractivity (Wildman–Crippen MR) is 87.6 cm³/mol. The maximum absolute atomic E-state index is 12.6. The van der Waals surface area contributed by atoms with E-state index in [0.717, 1.165) is 22.7 Å². The first kappa shape index (κ1) is 16.1.